The fourth-order valence-electron chi connectivity index (χ4n) is 3.15. The molecule has 1 aromatic carbocycles. The molecule has 3 rings (SSSR count). The number of aromatic nitrogens is 2. The van der Waals surface area contributed by atoms with Crippen molar-refractivity contribution in [2.75, 3.05) is 6.54 Å². The second kappa shape index (κ2) is 6.34. The molecule has 0 unspecified atom stereocenters. The first-order chi connectivity index (χ1) is 11.0. The van der Waals surface area contributed by atoms with Crippen LogP contribution in [-0.4, -0.2) is 39.2 Å². The van der Waals surface area contributed by atoms with Gasteiger partial charge >= 0.3 is 0 Å². The zero-order valence-electron chi connectivity index (χ0n) is 13.4. The Bertz CT molecular complexity index is 727. The molecule has 0 aliphatic carbocycles. The van der Waals surface area contributed by atoms with Crippen molar-refractivity contribution < 1.29 is 4.79 Å². The molecule has 1 saturated heterocycles. The molecule has 1 amide bonds. The molecule has 0 saturated carbocycles. The zero-order chi connectivity index (χ0) is 16.6. The van der Waals surface area contributed by atoms with Crippen molar-refractivity contribution in [1.82, 2.24) is 14.7 Å². The summed E-state index contributed by atoms with van der Waals surface area (Å²) in [5, 5.41) is 4.97. The van der Waals surface area contributed by atoms with Gasteiger partial charge in [-0.3, -0.25) is 4.79 Å². The molecule has 1 aliphatic rings. The quantitative estimate of drug-likeness (QED) is 0.919. The lowest BCUT2D eigenvalue weighted by atomic mass is 9.98. The number of para-hydroxylation sites is 1. The molecule has 23 heavy (non-hydrogen) atoms. The van der Waals surface area contributed by atoms with Crippen LogP contribution in [0.15, 0.2) is 30.5 Å². The average molecular weight is 333 g/mol. The number of hydrogen-bond donors (Lipinski definition) is 1. The Morgan fingerprint density at radius 1 is 1.39 bits per heavy atom. The highest BCUT2D eigenvalue weighted by Gasteiger charge is 2.29. The number of piperidine rings is 1. The van der Waals surface area contributed by atoms with Crippen LogP contribution in [0.4, 0.5) is 0 Å². The number of benzene rings is 1. The number of carbonyl (C=O) groups excluding carboxylic acids is 1. The number of nitrogens with zero attached hydrogens (tertiary/aromatic N) is 3. The van der Waals surface area contributed by atoms with Crippen LogP contribution < -0.4 is 5.73 Å². The molecule has 0 bridgehead atoms. The summed E-state index contributed by atoms with van der Waals surface area (Å²) in [6.45, 7) is 4.63. The van der Waals surface area contributed by atoms with Crippen molar-refractivity contribution in [3.05, 3.63) is 46.7 Å². The lowest BCUT2D eigenvalue weighted by molar-refractivity contribution is 0.0618. The van der Waals surface area contributed by atoms with E-state index >= 15 is 0 Å². The number of likely N-dealkylation sites (tertiary alicyclic amines) is 1. The molecule has 0 radical (unpaired) electrons. The second-order valence-corrected chi connectivity index (χ2v) is 6.55. The number of halogens is 1. The van der Waals surface area contributed by atoms with Gasteiger partial charge < -0.3 is 10.6 Å². The Morgan fingerprint density at radius 2 is 2.13 bits per heavy atom. The van der Waals surface area contributed by atoms with E-state index in [2.05, 4.69) is 5.10 Å². The second-order valence-electron chi connectivity index (χ2n) is 6.14. The van der Waals surface area contributed by atoms with E-state index in [0.29, 0.717) is 17.1 Å². The molecule has 0 spiro atoms. The maximum absolute atomic E-state index is 12.9. The van der Waals surface area contributed by atoms with E-state index in [9.17, 15) is 4.79 Å². The third-order valence-electron chi connectivity index (χ3n) is 4.50. The van der Waals surface area contributed by atoms with Crippen molar-refractivity contribution in [2.24, 2.45) is 5.73 Å². The minimum Gasteiger partial charge on any atom is -0.336 e. The summed E-state index contributed by atoms with van der Waals surface area (Å²) in [5.41, 5.74) is 8.18. The summed E-state index contributed by atoms with van der Waals surface area (Å²) in [6.07, 6.45) is 3.31. The van der Waals surface area contributed by atoms with Crippen LogP contribution in [0, 0.1) is 6.92 Å². The molecule has 1 aromatic heterocycles. The van der Waals surface area contributed by atoms with Crippen molar-refractivity contribution in [3.8, 4) is 5.69 Å². The summed E-state index contributed by atoms with van der Waals surface area (Å²) in [5.74, 6) is 0.0141. The Labute approximate surface area is 141 Å². The van der Waals surface area contributed by atoms with Gasteiger partial charge in [0.2, 0.25) is 0 Å². The van der Waals surface area contributed by atoms with Crippen molar-refractivity contribution in [3.63, 3.8) is 0 Å². The molecule has 2 aromatic rings. The van der Waals surface area contributed by atoms with Gasteiger partial charge in [0.25, 0.3) is 5.91 Å². The summed E-state index contributed by atoms with van der Waals surface area (Å²) in [6, 6.07) is 7.80. The van der Waals surface area contributed by atoms with Crippen LogP contribution in [0.25, 0.3) is 5.69 Å². The van der Waals surface area contributed by atoms with Crippen LogP contribution >= 0.6 is 11.6 Å². The number of carbonyl (C=O) groups is 1. The maximum Gasteiger partial charge on any atom is 0.257 e. The van der Waals surface area contributed by atoms with Gasteiger partial charge in [-0.15, -0.1) is 0 Å². The number of amides is 1. The maximum atomic E-state index is 12.9. The standard InChI is InChI=1S/C17H21ClN4O/c1-11-9-13(19)7-8-21(11)17(23)14-10-20-22(12(14)2)16-6-4-3-5-15(16)18/h3-6,10-11,13H,7-9,19H2,1-2H3/t11-,13-/m0/s1. The average Bonchev–Trinajstić information content (AvgIpc) is 2.89. The molecule has 122 valence electrons. The third kappa shape index (κ3) is 2.99. The van der Waals surface area contributed by atoms with Gasteiger partial charge in [0.05, 0.1) is 28.2 Å². The van der Waals surface area contributed by atoms with E-state index in [1.54, 1.807) is 10.9 Å². The van der Waals surface area contributed by atoms with Gasteiger partial charge in [-0.1, -0.05) is 23.7 Å². The van der Waals surface area contributed by atoms with Gasteiger partial charge in [0.1, 0.15) is 0 Å². The van der Waals surface area contributed by atoms with Crippen molar-refractivity contribution >= 4 is 17.5 Å². The minimum absolute atomic E-state index is 0.0141. The molecule has 1 aliphatic heterocycles. The highest BCUT2D eigenvalue weighted by Crippen LogP contribution is 2.24. The predicted octanol–water partition coefficient (Wildman–Crippen LogP) is 2.79. The van der Waals surface area contributed by atoms with Gasteiger partial charge in [0.15, 0.2) is 0 Å². The normalized spacial score (nSPS) is 21.5. The topological polar surface area (TPSA) is 64.2 Å². The van der Waals surface area contributed by atoms with E-state index in [1.807, 2.05) is 43.0 Å². The van der Waals surface area contributed by atoms with E-state index in [0.717, 1.165) is 24.2 Å². The highest BCUT2D eigenvalue weighted by atomic mass is 35.5. The Kier molecular flexibility index (Phi) is 4.41. The first kappa shape index (κ1) is 16.0. The van der Waals surface area contributed by atoms with E-state index in [4.69, 9.17) is 17.3 Å². The van der Waals surface area contributed by atoms with Crippen molar-refractivity contribution in [1.29, 1.82) is 0 Å². The monoisotopic (exact) mass is 332 g/mol. The fourth-order valence-corrected chi connectivity index (χ4v) is 3.37. The predicted molar refractivity (Wildman–Crippen MR) is 91.0 cm³/mol. The van der Waals surface area contributed by atoms with Crippen molar-refractivity contribution in [2.45, 2.75) is 38.8 Å². The SMILES string of the molecule is Cc1c(C(=O)N2CC[C@H](N)C[C@@H]2C)cnn1-c1ccccc1Cl. The number of rotatable bonds is 2. The molecule has 5 nitrogen and oxygen atoms in total. The Morgan fingerprint density at radius 3 is 2.83 bits per heavy atom. The molecular formula is C17H21ClN4O. The lowest BCUT2D eigenvalue weighted by Crippen LogP contribution is -2.48. The smallest absolute Gasteiger partial charge is 0.257 e. The van der Waals surface area contributed by atoms with Crippen LogP contribution in [0.5, 0.6) is 0 Å². The third-order valence-corrected chi connectivity index (χ3v) is 4.82. The molecule has 2 heterocycles. The van der Waals surface area contributed by atoms with Gasteiger partial charge in [-0.25, -0.2) is 4.68 Å². The summed E-state index contributed by atoms with van der Waals surface area (Å²) >= 11 is 6.24. The van der Waals surface area contributed by atoms with Crippen LogP contribution in [0.3, 0.4) is 0 Å². The largest absolute Gasteiger partial charge is 0.336 e. The molecule has 6 heteroatoms. The zero-order valence-corrected chi connectivity index (χ0v) is 14.1. The minimum atomic E-state index is 0.0141. The van der Waals surface area contributed by atoms with Crippen LogP contribution in [0.1, 0.15) is 35.8 Å². The molecule has 2 N–H and O–H groups in total. The molecule has 1 fully saturated rings. The number of hydrogen-bond acceptors (Lipinski definition) is 3. The summed E-state index contributed by atoms with van der Waals surface area (Å²) in [7, 11) is 0. The van der Waals surface area contributed by atoms with Gasteiger partial charge in [0, 0.05) is 18.6 Å². The first-order valence-electron chi connectivity index (χ1n) is 7.85. The highest BCUT2D eigenvalue weighted by molar-refractivity contribution is 6.32. The number of nitrogens with two attached hydrogens (primary N) is 1. The van der Waals surface area contributed by atoms with Gasteiger partial charge in [-0.2, -0.15) is 5.10 Å². The fraction of sp³-hybridized carbons (Fsp3) is 0.412. The molecule has 2 atom stereocenters. The first-order valence-corrected chi connectivity index (χ1v) is 8.23. The molecular weight excluding hydrogens is 312 g/mol. The lowest BCUT2D eigenvalue weighted by Gasteiger charge is -2.36. The Balaban J connectivity index is 1.90. The summed E-state index contributed by atoms with van der Waals surface area (Å²) < 4.78 is 1.72. The summed E-state index contributed by atoms with van der Waals surface area (Å²) in [4.78, 5) is 14.8. The van der Waals surface area contributed by atoms with Crippen LogP contribution in [-0.2, 0) is 0 Å². The van der Waals surface area contributed by atoms with E-state index in [1.165, 1.54) is 0 Å². The Hall–Kier alpha value is -1.85. The van der Waals surface area contributed by atoms with Gasteiger partial charge in [-0.05, 0) is 38.8 Å². The van der Waals surface area contributed by atoms with Crippen LogP contribution in [0.2, 0.25) is 5.02 Å². The van der Waals surface area contributed by atoms with E-state index < -0.39 is 0 Å². The van der Waals surface area contributed by atoms with E-state index in [-0.39, 0.29) is 18.0 Å².